The van der Waals surface area contributed by atoms with Gasteiger partial charge < -0.3 is 26.2 Å². The summed E-state index contributed by atoms with van der Waals surface area (Å²) in [4.78, 5) is 45.8. The van der Waals surface area contributed by atoms with Crippen LogP contribution in [0.25, 0.3) is 17.9 Å². The number of aryl methyl sites for hydroxylation is 1. The lowest BCUT2D eigenvalue weighted by molar-refractivity contribution is -0.153. The molecule has 38 heavy (non-hydrogen) atoms. The molecule has 11 heteroatoms. The van der Waals surface area contributed by atoms with Crippen LogP contribution in [0.3, 0.4) is 0 Å². The van der Waals surface area contributed by atoms with E-state index in [-0.39, 0.29) is 29.7 Å². The maximum Gasteiger partial charge on any atom is 0.255 e. The van der Waals surface area contributed by atoms with Crippen LogP contribution in [-0.2, 0) is 20.8 Å². The average molecular weight is 538 g/mol. The van der Waals surface area contributed by atoms with Crippen molar-refractivity contribution >= 4 is 46.7 Å². The van der Waals surface area contributed by atoms with Crippen LogP contribution in [0.15, 0.2) is 34.5 Å². The van der Waals surface area contributed by atoms with E-state index in [4.69, 9.17) is 5.73 Å². The van der Waals surface area contributed by atoms with Crippen molar-refractivity contribution < 1.29 is 34.8 Å². The molecule has 1 saturated carbocycles. The van der Waals surface area contributed by atoms with Gasteiger partial charge in [0.1, 0.15) is 22.8 Å². The van der Waals surface area contributed by atoms with Gasteiger partial charge in [0.05, 0.1) is 22.8 Å². The van der Waals surface area contributed by atoms with Crippen LogP contribution in [0, 0.1) is 18.8 Å². The van der Waals surface area contributed by atoms with E-state index in [0.29, 0.717) is 11.1 Å². The minimum absolute atomic E-state index is 0.0402. The summed E-state index contributed by atoms with van der Waals surface area (Å²) in [5.74, 6) is -6.68. The molecule has 1 amide bonds. The normalized spacial score (nSPS) is 27.1. The largest absolute Gasteiger partial charge is 0.508 e. The van der Waals surface area contributed by atoms with Gasteiger partial charge in [0.15, 0.2) is 11.4 Å². The molecular formula is C27H27N3O7S. The van der Waals surface area contributed by atoms with Gasteiger partial charge in [0.2, 0.25) is 5.78 Å². The summed E-state index contributed by atoms with van der Waals surface area (Å²) in [6, 6.07) is 2.00. The van der Waals surface area contributed by atoms with Gasteiger partial charge in [-0.25, -0.2) is 4.98 Å². The fourth-order valence-electron chi connectivity index (χ4n) is 6.06. The lowest BCUT2D eigenvalue weighted by Gasteiger charge is -2.50. The molecule has 0 saturated heterocycles. The molecule has 198 valence electrons. The molecule has 2 aromatic rings. The topological polar surface area (TPSA) is 174 Å². The third-order valence-electron chi connectivity index (χ3n) is 7.84. The van der Waals surface area contributed by atoms with Gasteiger partial charge in [-0.1, -0.05) is 12.1 Å². The number of phenols is 1. The second kappa shape index (κ2) is 8.90. The molecule has 4 atom stereocenters. The quantitative estimate of drug-likeness (QED) is 0.365. The minimum Gasteiger partial charge on any atom is -0.508 e. The highest BCUT2D eigenvalue weighted by atomic mass is 32.1. The van der Waals surface area contributed by atoms with E-state index in [1.807, 2.05) is 19.1 Å². The maximum absolute atomic E-state index is 13.9. The molecule has 1 aromatic carbocycles. The molecule has 3 aliphatic rings. The number of carbonyl (C=O) groups excluding carboxylic acids is 3. The van der Waals surface area contributed by atoms with E-state index in [9.17, 15) is 34.8 Å². The first kappa shape index (κ1) is 25.8. The first-order chi connectivity index (χ1) is 17.9. The zero-order valence-corrected chi connectivity index (χ0v) is 21.7. The minimum atomic E-state index is -2.65. The number of rotatable bonds is 4. The SMILES string of the molecule is Cc1ncsc1/C=C/c1ccc(O)c2c1C[C@H]1C[C@H]3[C@H](N(C)C)C(=O)C(C(N)=O)=C(O)[C@@]3(O)C(=O)C1=C2O. The Hall–Kier alpha value is -3.80. The Labute approximate surface area is 222 Å². The number of fused-ring (bicyclic) bond motifs is 3. The first-order valence-electron chi connectivity index (χ1n) is 12.0. The highest BCUT2D eigenvalue weighted by Crippen LogP contribution is 2.53. The van der Waals surface area contributed by atoms with Crippen LogP contribution in [-0.4, -0.2) is 73.5 Å². The molecule has 6 N–H and O–H groups in total. The van der Waals surface area contributed by atoms with Crippen molar-refractivity contribution in [2.45, 2.75) is 31.4 Å². The van der Waals surface area contributed by atoms with E-state index >= 15 is 0 Å². The van der Waals surface area contributed by atoms with E-state index in [0.717, 1.165) is 10.6 Å². The summed E-state index contributed by atoms with van der Waals surface area (Å²) in [5.41, 5.74) is 5.66. The van der Waals surface area contributed by atoms with Crippen LogP contribution in [0.1, 0.15) is 33.7 Å². The Morgan fingerprint density at radius 2 is 1.92 bits per heavy atom. The number of hydrogen-bond donors (Lipinski definition) is 5. The number of aliphatic hydroxyl groups excluding tert-OH is 2. The number of likely N-dealkylation sites (N-methyl/N-ethyl adjacent to an activating group) is 1. The Balaban J connectivity index is 1.68. The van der Waals surface area contributed by atoms with Crippen molar-refractivity contribution in [1.29, 1.82) is 0 Å². The number of nitrogens with zero attached hydrogens (tertiary/aromatic N) is 2. The van der Waals surface area contributed by atoms with Gasteiger partial charge in [0.25, 0.3) is 5.91 Å². The highest BCUT2D eigenvalue weighted by Gasteiger charge is 2.64. The first-order valence-corrected chi connectivity index (χ1v) is 12.8. The average Bonchev–Trinajstić information content (AvgIpc) is 3.25. The number of thiazole rings is 1. The molecule has 5 rings (SSSR count). The second-order valence-electron chi connectivity index (χ2n) is 10.1. The van der Waals surface area contributed by atoms with E-state index in [1.54, 1.807) is 25.7 Å². The van der Waals surface area contributed by atoms with Crippen LogP contribution in [0.4, 0.5) is 0 Å². The fraction of sp³-hybridized carbons (Fsp3) is 0.333. The Morgan fingerprint density at radius 3 is 2.53 bits per heavy atom. The van der Waals surface area contributed by atoms with Gasteiger partial charge in [-0.15, -0.1) is 11.3 Å². The Kier molecular flexibility index (Phi) is 6.05. The number of ketones is 2. The Morgan fingerprint density at radius 1 is 1.21 bits per heavy atom. The molecule has 0 spiro atoms. The summed E-state index contributed by atoms with van der Waals surface area (Å²) in [6.07, 6.45) is 4.00. The van der Waals surface area contributed by atoms with Crippen LogP contribution in [0.5, 0.6) is 5.75 Å². The molecular weight excluding hydrogens is 510 g/mol. The third-order valence-corrected chi connectivity index (χ3v) is 8.73. The summed E-state index contributed by atoms with van der Waals surface area (Å²) in [6.45, 7) is 1.89. The Bertz CT molecular complexity index is 1500. The maximum atomic E-state index is 13.9. The number of amides is 1. The fourth-order valence-corrected chi connectivity index (χ4v) is 6.75. The van der Waals surface area contributed by atoms with Gasteiger partial charge in [0, 0.05) is 16.4 Å². The predicted octanol–water partition coefficient (Wildman–Crippen LogP) is 1.90. The summed E-state index contributed by atoms with van der Waals surface area (Å²) in [5, 5.41) is 44.5. The van der Waals surface area contributed by atoms with E-state index in [2.05, 4.69) is 4.98 Å². The lowest BCUT2D eigenvalue weighted by Crippen LogP contribution is -2.65. The van der Waals surface area contributed by atoms with Crippen LogP contribution in [0.2, 0.25) is 0 Å². The standard InChI is InChI=1S/C27H27N3O7S/c1-11-17(38-10-29-11)7-5-12-4-6-16(31)19-14(12)8-13-9-15-21(30(2)3)23(33)20(26(28)36)25(35)27(15,37)24(34)18(13)22(19)32/h4-7,10,13,15,21,31-32,35,37H,8-9H2,1-3H3,(H2,28,36)/b7-5+/t13-,15-,21-,27-/m0/s1. The van der Waals surface area contributed by atoms with Crippen molar-refractivity contribution in [2.24, 2.45) is 17.6 Å². The van der Waals surface area contributed by atoms with Crippen LogP contribution < -0.4 is 5.73 Å². The van der Waals surface area contributed by atoms with Gasteiger partial charge in [-0.2, -0.15) is 0 Å². The number of nitrogens with two attached hydrogens (primary N) is 1. The molecule has 1 heterocycles. The molecule has 10 nitrogen and oxygen atoms in total. The monoisotopic (exact) mass is 537 g/mol. The molecule has 0 bridgehead atoms. The number of phenolic OH excluding ortho intramolecular Hbond substituents is 1. The number of aromatic nitrogens is 1. The van der Waals surface area contributed by atoms with E-state index in [1.165, 1.54) is 22.3 Å². The molecule has 0 radical (unpaired) electrons. The number of primary amides is 1. The number of carbonyl (C=O) groups is 3. The number of aromatic hydroxyl groups is 1. The molecule has 3 aliphatic carbocycles. The molecule has 1 fully saturated rings. The molecule has 0 aliphatic heterocycles. The number of Topliss-reactive ketones (excluding diaryl/α,β-unsaturated/α-hetero) is 2. The van der Waals surface area contributed by atoms with Gasteiger partial charge >= 0.3 is 0 Å². The second-order valence-corrected chi connectivity index (χ2v) is 11.0. The molecule has 0 unspecified atom stereocenters. The highest BCUT2D eigenvalue weighted by molar-refractivity contribution is 7.10. The zero-order chi connectivity index (χ0) is 27.7. The van der Waals surface area contributed by atoms with Crippen molar-refractivity contribution in [3.05, 3.63) is 61.8 Å². The van der Waals surface area contributed by atoms with Gasteiger partial charge in [-0.05, 0) is 63.0 Å². The zero-order valence-electron chi connectivity index (χ0n) is 20.9. The van der Waals surface area contributed by atoms with Crippen molar-refractivity contribution in [2.75, 3.05) is 14.1 Å². The number of aliphatic hydroxyl groups is 3. The number of benzene rings is 1. The smallest absolute Gasteiger partial charge is 0.255 e. The number of hydrogen-bond acceptors (Lipinski definition) is 10. The summed E-state index contributed by atoms with van der Waals surface area (Å²) < 4.78 is 0. The van der Waals surface area contributed by atoms with Crippen molar-refractivity contribution in [1.82, 2.24) is 9.88 Å². The lowest BCUT2D eigenvalue weighted by atomic mass is 9.57. The van der Waals surface area contributed by atoms with Crippen LogP contribution >= 0.6 is 11.3 Å². The summed E-state index contributed by atoms with van der Waals surface area (Å²) >= 11 is 1.47. The molecule has 1 aromatic heterocycles. The van der Waals surface area contributed by atoms with Gasteiger partial charge in [-0.3, -0.25) is 19.3 Å². The van der Waals surface area contributed by atoms with Crippen molar-refractivity contribution in [3.63, 3.8) is 0 Å². The predicted molar refractivity (Wildman–Crippen MR) is 140 cm³/mol. The van der Waals surface area contributed by atoms with E-state index < -0.39 is 58.0 Å². The summed E-state index contributed by atoms with van der Waals surface area (Å²) in [7, 11) is 3.13. The van der Waals surface area contributed by atoms with Crippen molar-refractivity contribution in [3.8, 4) is 5.75 Å². The third kappa shape index (κ3) is 3.53.